The van der Waals surface area contributed by atoms with Gasteiger partial charge in [-0.3, -0.25) is 4.79 Å². The fraction of sp³-hybridized carbons (Fsp3) is 0. The first-order valence-electron chi connectivity index (χ1n) is 6.02. The van der Waals surface area contributed by atoms with Crippen molar-refractivity contribution in [3.8, 4) is 11.5 Å². The molecule has 0 saturated carbocycles. The summed E-state index contributed by atoms with van der Waals surface area (Å²) in [7, 11) is 0. The summed E-state index contributed by atoms with van der Waals surface area (Å²) >= 11 is 0. The largest absolute Gasteiger partial charge is 0.505 e. The van der Waals surface area contributed by atoms with Crippen LogP contribution in [0.15, 0.2) is 35.6 Å². The number of aliphatic hydroxyl groups is 1. The van der Waals surface area contributed by atoms with Crippen LogP contribution in [0.2, 0.25) is 0 Å². The third kappa shape index (κ3) is 5.05. The molecule has 23 heavy (non-hydrogen) atoms. The lowest BCUT2D eigenvalue weighted by atomic mass is 10.0. The van der Waals surface area contributed by atoms with E-state index in [1.54, 1.807) is 0 Å². The standard InChI is InChI=1S/C15H12O8/c16-7-11(17)4-10(15(22)23)3-9-6-13(19)12(18)5-8(9)1-2-14(20)21/h1-7,17-19H,(H,20,21)(H,22,23)/b2-1+,10-3+,11-4+. The molecule has 120 valence electrons. The van der Waals surface area contributed by atoms with Gasteiger partial charge in [-0.2, -0.15) is 0 Å². The zero-order valence-corrected chi connectivity index (χ0v) is 11.5. The van der Waals surface area contributed by atoms with E-state index < -0.39 is 34.8 Å². The number of hydrogen-bond donors (Lipinski definition) is 5. The Hall–Kier alpha value is -3.55. The molecule has 0 spiro atoms. The van der Waals surface area contributed by atoms with Crippen molar-refractivity contribution < 1.29 is 39.9 Å². The molecule has 0 atom stereocenters. The van der Waals surface area contributed by atoms with Crippen LogP contribution < -0.4 is 0 Å². The number of phenols is 2. The predicted octanol–water partition coefficient (Wildman–Crippen LogP) is 1.30. The Bertz CT molecular complexity index is 740. The lowest BCUT2D eigenvalue weighted by Gasteiger charge is -2.06. The number of aromatic hydroxyl groups is 2. The van der Waals surface area contributed by atoms with Crippen LogP contribution >= 0.6 is 0 Å². The molecule has 0 bridgehead atoms. The second kappa shape index (κ2) is 7.46. The van der Waals surface area contributed by atoms with Crippen LogP contribution in [0.1, 0.15) is 11.1 Å². The molecule has 0 radical (unpaired) electrons. The molecule has 0 unspecified atom stereocenters. The van der Waals surface area contributed by atoms with Gasteiger partial charge < -0.3 is 25.5 Å². The van der Waals surface area contributed by atoms with Crippen molar-refractivity contribution in [3.05, 3.63) is 46.7 Å². The number of phenolic OH excluding ortho intramolecular Hbond substituents is 2. The van der Waals surface area contributed by atoms with Gasteiger partial charge in [-0.1, -0.05) is 0 Å². The molecule has 8 nitrogen and oxygen atoms in total. The van der Waals surface area contributed by atoms with E-state index in [4.69, 9.17) is 15.3 Å². The topological polar surface area (TPSA) is 152 Å². The highest BCUT2D eigenvalue weighted by atomic mass is 16.4. The SMILES string of the molecule is O=C/C(O)=C\C(=C/c1cc(O)c(O)cc1/C=C/C(=O)O)C(=O)O. The van der Waals surface area contributed by atoms with Crippen LogP contribution in [0.3, 0.4) is 0 Å². The van der Waals surface area contributed by atoms with E-state index in [2.05, 4.69) is 0 Å². The van der Waals surface area contributed by atoms with Crippen molar-refractivity contribution in [2.24, 2.45) is 0 Å². The van der Waals surface area contributed by atoms with Crippen molar-refractivity contribution in [3.63, 3.8) is 0 Å². The van der Waals surface area contributed by atoms with E-state index in [0.29, 0.717) is 6.08 Å². The Balaban J connectivity index is 3.52. The van der Waals surface area contributed by atoms with Crippen molar-refractivity contribution in [2.45, 2.75) is 0 Å². The molecule has 1 aromatic rings. The minimum absolute atomic E-state index is 0.0380. The fourth-order valence-corrected chi connectivity index (χ4v) is 1.57. The number of carboxylic acid groups (broad SMARTS) is 2. The van der Waals surface area contributed by atoms with Crippen molar-refractivity contribution in [1.82, 2.24) is 0 Å². The molecule has 0 amide bonds. The molecule has 0 aliphatic heterocycles. The van der Waals surface area contributed by atoms with E-state index in [1.807, 2.05) is 0 Å². The molecule has 0 heterocycles. The van der Waals surface area contributed by atoms with Crippen molar-refractivity contribution in [1.29, 1.82) is 0 Å². The average molecular weight is 320 g/mol. The molecule has 1 rings (SSSR count). The summed E-state index contributed by atoms with van der Waals surface area (Å²) in [6, 6.07) is 2.04. The van der Waals surface area contributed by atoms with E-state index in [-0.39, 0.29) is 17.4 Å². The smallest absolute Gasteiger partial charge is 0.335 e. The van der Waals surface area contributed by atoms with Crippen LogP contribution in [0, 0.1) is 0 Å². The maximum Gasteiger partial charge on any atom is 0.335 e. The molecular weight excluding hydrogens is 308 g/mol. The first-order chi connectivity index (χ1) is 10.7. The van der Waals surface area contributed by atoms with Crippen LogP contribution in [0.25, 0.3) is 12.2 Å². The van der Waals surface area contributed by atoms with Gasteiger partial charge in [0, 0.05) is 6.08 Å². The van der Waals surface area contributed by atoms with Gasteiger partial charge in [0.25, 0.3) is 0 Å². The highest BCUT2D eigenvalue weighted by Crippen LogP contribution is 2.30. The monoisotopic (exact) mass is 320 g/mol. The molecule has 0 fully saturated rings. The third-order valence-corrected chi connectivity index (χ3v) is 2.57. The van der Waals surface area contributed by atoms with Gasteiger partial charge in [-0.05, 0) is 41.5 Å². The lowest BCUT2D eigenvalue weighted by Crippen LogP contribution is -2.00. The maximum absolute atomic E-state index is 11.1. The Labute approximate surface area is 129 Å². The lowest BCUT2D eigenvalue weighted by molar-refractivity contribution is -0.132. The molecule has 0 saturated heterocycles. The van der Waals surface area contributed by atoms with Crippen molar-refractivity contribution >= 4 is 30.4 Å². The van der Waals surface area contributed by atoms with E-state index >= 15 is 0 Å². The van der Waals surface area contributed by atoms with E-state index in [9.17, 15) is 24.6 Å². The second-order valence-electron chi connectivity index (χ2n) is 4.23. The molecule has 8 heteroatoms. The molecule has 0 aliphatic rings. The summed E-state index contributed by atoms with van der Waals surface area (Å²) in [6.45, 7) is 0. The second-order valence-corrected chi connectivity index (χ2v) is 4.23. The molecule has 5 N–H and O–H groups in total. The Morgan fingerprint density at radius 2 is 1.52 bits per heavy atom. The molecule has 0 aliphatic carbocycles. The summed E-state index contributed by atoms with van der Waals surface area (Å²) in [5.74, 6) is -4.67. The summed E-state index contributed by atoms with van der Waals surface area (Å²) in [4.78, 5) is 32.1. The number of aliphatic hydroxyl groups excluding tert-OH is 1. The summed E-state index contributed by atoms with van der Waals surface area (Å²) in [5.41, 5.74) is -0.352. The zero-order valence-electron chi connectivity index (χ0n) is 11.5. The number of allylic oxidation sites excluding steroid dienone is 1. The van der Waals surface area contributed by atoms with Gasteiger partial charge in [0.1, 0.15) is 0 Å². The summed E-state index contributed by atoms with van der Waals surface area (Å²) in [6.07, 6.45) is 3.54. The van der Waals surface area contributed by atoms with Crippen LogP contribution in [-0.4, -0.2) is 43.8 Å². The summed E-state index contributed by atoms with van der Waals surface area (Å²) < 4.78 is 0. The first kappa shape index (κ1) is 17.5. The third-order valence-electron chi connectivity index (χ3n) is 2.57. The number of benzene rings is 1. The molecule has 0 aromatic heterocycles. The van der Waals surface area contributed by atoms with Crippen LogP contribution in [-0.2, 0) is 14.4 Å². The number of aldehydes is 1. The number of rotatable bonds is 6. The maximum atomic E-state index is 11.1. The van der Waals surface area contributed by atoms with Gasteiger partial charge in [0.05, 0.1) is 5.57 Å². The number of carbonyl (C=O) groups is 3. The fourth-order valence-electron chi connectivity index (χ4n) is 1.57. The Kier molecular flexibility index (Phi) is 5.67. The number of hydrogen-bond acceptors (Lipinski definition) is 6. The zero-order chi connectivity index (χ0) is 17.6. The van der Waals surface area contributed by atoms with Crippen LogP contribution in [0.5, 0.6) is 11.5 Å². The Morgan fingerprint density at radius 1 is 0.957 bits per heavy atom. The van der Waals surface area contributed by atoms with E-state index in [0.717, 1.165) is 30.4 Å². The first-order valence-corrected chi connectivity index (χ1v) is 6.02. The van der Waals surface area contributed by atoms with Crippen molar-refractivity contribution in [2.75, 3.05) is 0 Å². The normalized spacial score (nSPS) is 12.3. The minimum Gasteiger partial charge on any atom is -0.505 e. The number of carboxylic acids is 2. The minimum atomic E-state index is -1.47. The predicted molar refractivity (Wildman–Crippen MR) is 78.8 cm³/mol. The number of aliphatic carboxylic acids is 2. The quantitative estimate of drug-likeness (QED) is 0.173. The average Bonchev–Trinajstić information content (AvgIpc) is 2.47. The van der Waals surface area contributed by atoms with Gasteiger partial charge >= 0.3 is 11.9 Å². The van der Waals surface area contributed by atoms with Gasteiger partial charge in [0.15, 0.2) is 23.5 Å². The molecular formula is C15H12O8. The van der Waals surface area contributed by atoms with Crippen LogP contribution in [0.4, 0.5) is 0 Å². The summed E-state index contributed by atoms with van der Waals surface area (Å²) in [5, 5.41) is 45.7. The van der Waals surface area contributed by atoms with Gasteiger partial charge in [-0.15, -0.1) is 0 Å². The highest BCUT2D eigenvalue weighted by molar-refractivity contribution is 5.97. The van der Waals surface area contributed by atoms with Gasteiger partial charge in [0.2, 0.25) is 0 Å². The number of carbonyl (C=O) groups excluding carboxylic acids is 1. The highest BCUT2D eigenvalue weighted by Gasteiger charge is 2.10. The van der Waals surface area contributed by atoms with Gasteiger partial charge in [-0.25, -0.2) is 9.59 Å². The molecule has 1 aromatic carbocycles. The Morgan fingerprint density at radius 3 is 2.00 bits per heavy atom. The van der Waals surface area contributed by atoms with E-state index in [1.165, 1.54) is 0 Å².